The van der Waals surface area contributed by atoms with Crippen molar-refractivity contribution in [2.75, 3.05) is 33.4 Å². The molecule has 2 saturated heterocycles. The number of methoxy groups -OCH3 is 1. The Labute approximate surface area is 236 Å². The fraction of sp³-hybridized carbons (Fsp3) is 0.400. The van der Waals surface area contributed by atoms with E-state index in [1.54, 1.807) is 7.11 Å². The van der Waals surface area contributed by atoms with Gasteiger partial charge in [-0.15, -0.1) is 0 Å². The quantitative estimate of drug-likeness (QED) is 0.318. The molecule has 1 unspecified atom stereocenters. The first-order valence-electron chi connectivity index (χ1n) is 13.4. The highest BCUT2D eigenvalue weighted by Gasteiger charge is 2.51. The van der Waals surface area contributed by atoms with Crippen LogP contribution >= 0.6 is 0 Å². The van der Waals surface area contributed by atoms with Crippen molar-refractivity contribution < 1.29 is 35.1 Å². The van der Waals surface area contributed by atoms with Crippen molar-refractivity contribution in [2.45, 2.75) is 48.8 Å². The molecule has 5 rings (SSSR count). The van der Waals surface area contributed by atoms with Crippen molar-refractivity contribution in [1.29, 1.82) is 0 Å². The Morgan fingerprint density at radius 3 is 2.32 bits per heavy atom. The predicted molar refractivity (Wildman–Crippen MR) is 145 cm³/mol. The van der Waals surface area contributed by atoms with Gasteiger partial charge in [0.15, 0.2) is 11.6 Å². The third kappa shape index (κ3) is 5.52. The highest BCUT2D eigenvalue weighted by atomic mass is 32.2. The van der Waals surface area contributed by atoms with Crippen LogP contribution in [0.4, 0.5) is 22.0 Å². The maximum atomic E-state index is 14.2. The minimum absolute atomic E-state index is 0.0312. The van der Waals surface area contributed by atoms with Crippen LogP contribution in [0.2, 0.25) is 0 Å². The minimum atomic E-state index is -4.81. The van der Waals surface area contributed by atoms with Crippen molar-refractivity contribution in [3.63, 3.8) is 0 Å². The number of alkyl halides is 3. The first-order valence-corrected chi connectivity index (χ1v) is 14.8. The molecule has 0 saturated carbocycles. The van der Waals surface area contributed by atoms with Crippen molar-refractivity contribution in [2.24, 2.45) is 0 Å². The predicted octanol–water partition coefficient (Wildman–Crippen LogP) is 6.23. The number of halogens is 5. The monoisotopic (exact) mass is 594 g/mol. The number of sulfonamides is 1. The molecule has 0 N–H and O–H groups in total. The van der Waals surface area contributed by atoms with Crippen LogP contribution in [0.3, 0.4) is 0 Å². The summed E-state index contributed by atoms with van der Waals surface area (Å²) in [6.45, 7) is 2.78. The van der Waals surface area contributed by atoms with Gasteiger partial charge >= 0.3 is 6.18 Å². The van der Waals surface area contributed by atoms with Gasteiger partial charge in [0.25, 0.3) is 0 Å². The molecule has 2 heterocycles. The Morgan fingerprint density at radius 2 is 1.63 bits per heavy atom. The Balaban J connectivity index is 1.47. The molecule has 2 aliphatic heterocycles. The van der Waals surface area contributed by atoms with Crippen molar-refractivity contribution in [1.82, 2.24) is 9.21 Å². The van der Waals surface area contributed by atoms with E-state index in [1.807, 2.05) is 24.3 Å². The van der Waals surface area contributed by atoms with E-state index in [2.05, 4.69) is 4.90 Å². The van der Waals surface area contributed by atoms with E-state index < -0.39 is 38.3 Å². The molecular formula is C30H31F5N2O3S. The van der Waals surface area contributed by atoms with Crippen LogP contribution in [0.15, 0.2) is 65.6 Å². The number of hydrogen-bond acceptors (Lipinski definition) is 4. The molecule has 3 aromatic rings. The summed E-state index contributed by atoms with van der Waals surface area (Å²) in [4.78, 5) is 1.44. The van der Waals surface area contributed by atoms with Crippen LogP contribution in [-0.2, 0) is 20.9 Å². The van der Waals surface area contributed by atoms with Gasteiger partial charge in [-0.2, -0.15) is 17.5 Å². The van der Waals surface area contributed by atoms with Crippen LogP contribution in [0.1, 0.15) is 35.4 Å². The number of ether oxygens (including phenoxy) is 1. The number of benzene rings is 3. The summed E-state index contributed by atoms with van der Waals surface area (Å²) in [6, 6.07) is 14.0. The Morgan fingerprint density at radius 1 is 0.951 bits per heavy atom. The van der Waals surface area contributed by atoms with Crippen LogP contribution in [0.5, 0.6) is 0 Å². The van der Waals surface area contributed by atoms with Crippen molar-refractivity contribution in [3.8, 4) is 11.1 Å². The van der Waals surface area contributed by atoms with E-state index in [0.29, 0.717) is 37.1 Å². The molecule has 0 bridgehead atoms. The van der Waals surface area contributed by atoms with Gasteiger partial charge in [-0.05, 0) is 66.8 Å². The Bertz CT molecular complexity index is 1510. The third-order valence-electron chi connectivity index (χ3n) is 8.24. The maximum absolute atomic E-state index is 14.2. The van der Waals surface area contributed by atoms with Gasteiger partial charge < -0.3 is 4.74 Å². The Kier molecular flexibility index (Phi) is 8.26. The molecule has 0 aliphatic carbocycles. The van der Waals surface area contributed by atoms with E-state index in [-0.39, 0.29) is 36.7 Å². The molecular weight excluding hydrogens is 563 g/mol. The summed E-state index contributed by atoms with van der Waals surface area (Å²) in [5, 5.41) is 0. The van der Waals surface area contributed by atoms with Gasteiger partial charge in [0.2, 0.25) is 10.0 Å². The lowest BCUT2D eigenvalue weighted by atomic mass is 9.74. The van der Waals surface area contributed by atoms with Crippen LogP contribution in [0.25, 0.3) is 11.1 Å². The van der Waals surface area contributed by atoms with Gasteiger partial charge in [-0.1, -0.05) is 42.5 Å². The molecule has 11 heteroatoms. The highest BCUT2D eigenvalue weighted by molar-refractivity contribution is 7.89. The standard InChI is InChI=1S/C30H31F5N2O3S/c1-19-22(13-14-24(31)29(19)32)20-9-11-21(12-10-20)28-25-17-36(15-5-6-16-37(25)26(28)18-40-2)41(38,39)27-8-4-3-7-23(27)30(33,34)35/h3-4,7-14,25-26,28H,5-6,15-18H2,1-2H3/t25-,26+,28?/m0/s1. The molecule has 0 aromatic heterocycles. The number of nitrogens with zero attached hydrogens (tertiary/aromatic N) is 2. The lowest BCUT2D eigenvalue weighted by Crippen LogP contribution is -2.68. The zero-order valence-electron chi connectivity index (χ0n) is 22.7. The molecule has 3 aromatic carbocycles. The zero-order valence-corrected chi connectivity index (χ0v) is 23.5. The van der Waals surface area contributed by atoms with E-state index in [1.165, 1.54) is 29.4 Å². The molecule has 220 valence electrons. The summed E-state index contributed by atoms with van der Waals surface area (Å²) in [5.74, 6) is -1.96. The van der Waals surface area contributed by atoms with Crippen LogP contribution in [-0.4, -0.2) is 63.1 Å². The molecule has 2 fully saturated rings. The zero-order chi connectivity index (χ0) is 29.5. The van der Waals surface area contributed by atoms with Crippen molar-refractivity contribution in [3.05, 3.63) is 89.0 Å². The van der Waals surface area contributed by atoms with Gasteiger partial charge in [-0.3, -0.25) is 4.90 Å². The van der Waals surface area contributed by atoms with E-state index in [0.717, 1.165) is 23.8 Å². The second kappa shape index (κ2) is 11.4. The molecule has 41 heavy (non-hydrogen) atoms. The number of rotatable bonds is 6. The first-order chi connectivity index (χ1) is 19.4. The highest BCUT2D eigenvalue weighted by Crippen LogP contribution is 2.44. The van der Waals surface area contributed by atoms with Gasteiger partial charge in [0.1, 0.15) is 0 Å². The summed E-state index contributed by atoms with van der Waals surface area (Å²) >= 11 is 0. The molecule has 3 atom stereocenters. The number of fused-ring (bicyclic) bond motifs is 1. The molecule has 0 spiro atoms. The summed E-state index contributed by atoms with van der Waals surface area (Å²) in [6.07, 6.45) is -3.61. The number of hydrogen-bond donors (Lipinski definition) is 0. The summed E-state index contributed by atoms with van der Waals surface area (Å²) in [7, 11) is -2.85. The molecule has 0 radical (unpaired) electrons. The third-order valence-corrected chi connectivity index (χ3v) is 10.2. The van der Waals surface area contributed by atoms with Gasteiger partial charge in [0.05, 0.1) is 17.1 Å². The second-order valence-electron chi connectivity index (χ2n) is 10.6. The largest absolute Gasteiger partial charge is 0.417 e. The molecule has 2 aliphatic rings. The van der Waals surface area contributed by atoms with E-state index in [9.17, 15) is 30.4 Å². The average molecular weight is 595 g/mol. The normalized spacial score (nSPS) is 22.5. The SMILES string of the molecule is COC[C@@H]1C(c2ccc(-c3ccc(F)c(F)c3C)cc2)[C@@H]2CN(S(=O)(=O)c3ccccc3C(F)(F)F)CCCCN12. The average Bonchev–Trinajstić information content (AvgIpc) is 2.92. The van der Waals surface area contributed by atoms with Crippen LogP contribution < -0.4 is 0 Å². The lowest BCUT2D eigenvalue weighted by molar-refractivity contribution is -0.139. The summed E-state index contributed by atoms with van der Waals surface area (Å²) < 4.78 is 103. The maximum Gasteiger partial charge on any atom is 0.417 e. The van der Waals surface area contributed by atoms with Gasteiger partial charge in [0, 0.05) is 38.2 Å². The molecule has 5 nitrogen and oxygen atoms in total. The first kappa shape index (κ1) is 29.6. The van der Waals surface area contributed by atoms with E-state index >= 15 is 0 Å². The minimum Gasteiger partial charge on any atom is -0.383 e. The molecule has 0 amide bonds. The summed E-state index contributed by atoms with van der Waals surface area (Å²) in [5.41, 5.74) is 1.20. The lowest BCUT2D eigenvalue weighted by Gasteiger charge is -2.57. The second-order valence-corrected chi connectivity index (χ2v) is 12.5. The topological polar surface area (TPSA) is 49.9 Å². The smallest absolute Gasteiger partial charge is 0.383 e. The Hall–Kier alpha value is -2.86. The fourth-order valence-corrected chi connectivity index (χ4v) is 7.90. The van der Waals surface area contributed by atoms with Crippen LogP contribution in [0, 0.1) is 18.6 Å². The van der Waals surface area contributed by atoms with Gasteiger partial charge in [-0.25, -0.2) is 17.2 Å². The van der Waals surface area contributed by atoms with E-state index in [4.69, 9.17) is 4.74 Å². The fourth-order valence-electron chi connectivity index (χ4n) is 6.19. The van der Waals surface area contributed by atoms with Crippen molar-refractivity contribution >= 4 is 10.0 Å².